The van der Waals surface area contributed by atoms with Crippen LogP contribution in [0.1, 0.15) is 48.0 Å². The largest absolute Gasteiger partial charge is 0.357 e. The summed E-state index contributed by atoms with van der Waals surface area (Å²) in [7, 11) is 0. The third-order valence-corrected chi connectivity index (χ3v) is 4.47. The van der Waals surface area contributed by atoms with Crippen LogP contribution < -0.4 is 10.6 Å². The molecule has 0 bridgehead atoms. The Hall–Kier alpha value is -0.180. The van der Waals surface area contributed by atoms with E-state index in [0.717, 1.165) is 31.3 Å². The predicted octanol–water partition coefficient (Wildman–Crippen LogP) is 2.70. The van der Waals surface area contributed by atoms with E-state index in [1.54, 1.807) is 0 Å². The molecule has 1 fully saturated rings. The lowest BCUT2D eigenvalue weighted by molar-refractivity contribution is -0.122. The molecular formula is C16H33IN4OS. The first-order valence-corrected chi connectivity index (χ1v) is 9.10. The second-order valence-corrected chi connectivity index (χ2v) is 9.12. The summed E-state index contributed by atoms with van der Waals surface area (Å²) >= 11 is 2.01. The van der Waals surface area contributed by atoms with Gasteiger partial charge in [0.15, 0.2) is 5.96 Å². The number of nitrogens with zero attached hydrogens (tertiary/aromatic N) is 2. The van der Waals surface area contributed by atoms with Crippen molar-refractivity contribution in [2.45, 2.75) is 58.2 Å². The van der Waals surface area contributed by atoms with Gasteiger partial charge < -0.3 is 15.5 Å². The number of nitrogens with one attached hydrogen (secondary N) is 2. The Labute approximate surface area is 162 Å². The molecule has 0 aromatic carbocycles. The molecule has 7 heteroatoms. The van der Waals surface area contributed by atoms with Crippen molar-refractivity contribution in [2.75, 3.05) is 31.9 Å². The van der Waals surface area contributed by atoms with Crippen LogP contribution >= 0.6 is 35.7 Å². The summed E-state index contributed by atoms with van der Waals surface area (Å²) in [6.45, 7) is 15.9. The third kappa shape index (κ3) is 9.64. The molecule has 1 rings (SSSR count). The predicted molar refractivity (Wildman–Crippen MR) is 112 cm³/mol. The molecule has 2 N–H and O–H groups in total. The molecule has 1 saturated heterocycles. The van der Waals surface area contributed by atoms with Gasteiger partial charge in [-0.05, 0) is 41.5 Å². The van der Waals surface area contributed by atoms with Gasteiger partial charge >= 0.3 is 0 Å². The summed E-state index contributed by atoms with van der Waals surface area (Å²) in [5.41, 5.74) is -0.181. The molecule has 0 aliphatic carbocycles. The Bertz CT molecular complexity index is 407. The van der Waals surface area contributed by atoms with Crippen molar-refractivity contribution in [1.29, 1.82) is 0 Å². The fourth-order valence-electron chi connectivity index (χ4n) is 2.37. The first kappa shape index (κ1) is 22.8. The first-order valence-electron chi connectivity index (χ1n) is 8.11. The number of rotatable bonds is 4. The van der Waals surface area contributed by atoms with Crippen molar-refractivity contribution >= 4 is 47.6 Å². The van der Waals surface area contributed by atoms with Gasteiger partial charge in [0.25, 0.3) is 0 Å². The third-order valence-electron chi connectivity index (χ3n) is 3.17. The Morgan fingerprint density at radius 2 is 2.00 bits per heavy atom. The minimum atomic E-state index is -0.181. The molecule has 0 saturated carbocycles. The molecule has 1 amide bonds. The van der Waals surface area contributed by atoms with Crippen molar-refractivity contribution in [1.82, 2.24) is 15.5 Å². The Morgan fingerprint density at radius 1 is 1.35 bits per heavy atom. The molecule has 136 valence electrons. The fraction of sp³-hybridized carbons (Fsp3) is 0.875. The molecule has 0 spiro atoms. The van der Waals surface area contributed by atoms with E-state index < -0.39 is 0 Å². The maximum absolute atomic E-state index is 11.9. The van der Waals surface area contributed by atoms with E-state index in [4.69, 9.17) is 0 Å². The minimum Gasteiger partial charge on any atom is -0.357 e. The second kappa shape index (κ2) is 9.96. The van der Waals surface area contributed by atoms with Crippen molar-refractivity contribution < 1.29 is 4.79 Å². The molecule has 1 heterocycles. The van der Waals surface area contributed by atoms with Crippen molar-refractivity contribution in [3.05, 3.63) is 0 Å². The maximum atomic E-state index is 11.9. The van der Waals surface area contributed by atoms with E-state index >= 15 is 0 Å². The standard InChI is InChI=1S/C16H32N4OS.HI/c1-7-17-14(20-10-11-22-16(5,6)12-20)18-9-8-13(21)19-15(2,3)4;/h7-12H2,1-6H3,(H,17,18)(H,19,21);1H. The number of halogens is 1. The van der Waals surface area contributed by atoms with Crippen LogP contribution in [0.15, 0.2) is 4.99 Å². The monoisotopic (exact) mass is 456 g/mol. The van der Waals surface area contributed by atoms with Gasteiger partial charge in [0, 0.05) is 42.1 Å². The number of aliphatic imine (C=N–C) groups is 1. The SMILES string of the molecule is CCNC(=NCCC(=O)NC(C)(C)C)N1CCSC(C)(C)C1.I. The van der Waals surface area contributed by atoms with Crippen LogP contribution in [-0.4, -0.2) is 59.0 Å². The summed E-state index contributed by atoms with van der Waals surface area (Å²) in [4.78, 5) is 18.8. The lowest BCUT2D eigenvalue weighted by Crippen LogP contribution is -2.51. The van der Waals surface area contributed by atoms with Crippen molar-refractivity contribution in [3.63, 3.8) is 0 Å². The Morgan fingerprint density at radius 3 is 2.52 bits per heavy atom. The van der Waals surface area contributed by atoms with Gasteiger partial charge in [-0.1, -0.05) is 0 Å². The fourth-order valence-corrected chi connectivity index (χ4v) is 3.48. The van der Waals surface area contributed by atoms with Gasteiger partial charge in [0.2, 0.25) is 5.91 Å². The van der Waals surface area contributed by atoms with Gasteiger partial charge in [-0.2, -0.15) is 11.8 Å². The smallest absolute Gasteiger partial charge is 0.222 e. The summed E-state index contributed by atoms with van der Waals surface area (Å²) in [6.07, 6.45) is 0.429. The van der Waals surface area contributed by atoms with Crippen LogP contribution in [0.3, 0.4) is 0 Å². The van der Waals surface area contributed by atoms with Crippen LogP contribution in [0.2, 0.25) is 0 Å². The highest BCUT2D eigenvalue weighted by atomic mass is 127. The summed E-state index contributed by atoms with van der Waals surface area (Å²) in [6, 6.07) is 0. The lowest BCUT2D eigenvalue weighted by Gasteiger charge is -2.39. The minimum absolute atomic E-state index is 0. The van der Waals surface area contributed by atoms with Crippen molar-refractivity contribution in [3.8, 4) is 0 Å². The number of thioether (sulfide) groups is 1. The molecular weight excluding hydrogens is 423 g/mol. The highest BCUT2D eigenvalue weighted by Crippen LogP contribution is 2.29. The number of carbonyl (C=O) groups excluding carboxylic acids is 1. The molecule has 0 aromatic rings. The molecule has 0 atom stereocenters. The summed E-state index contributed by atoms with van der Waals surface area (Å²) < 4.78 is 0.248. The van der Waals surface area contributed by atoms with Gasteiger partial charge in [0.1, 0.15) is 0 Å². The van der Waals surface area contributed by atoms with Crippen LogP contribution in [0.4, 0.5) is 0 Å². The Kier molecular flexibility index (Phi) is 9.88. The summed E-state index contributed by atoms with van der Waals surface area (Å²) in [5.74, 6) is 2.10. The van der Waals surface area contributed by atoms with Gasteiger partial charge in [-0.15, -0.1) is 24.0 Å². The van der Waals surface area contributed by atoms with E-state index in [1.165, 1.54) is 0 Å². The molecule has 1 aliphatic heterocycles. The zero-order chi connectivity index (χ0) is 16.8. The lowest BCUT2D eigenvalue weighted by atomic mass is 10.1. The van der Waals surface area contributed by atoms with E-state index in [2.05, 4.69) is 41.3 Å². The molecule has 0 unspecified atom stereocenters. The first-order chi connectivity index (χ1) is 10.1. The number of carbonyl (C=O) groups is 1. The van der Waals surface area contributed by atoms with Crippen LogP contribution in [-0.2, 0) is 4.79 Å². The number of amides is 1. The zero-order valence-corrected chi connectivity index (χ0v) is 18.5. The molecule has 0 radical (unpaired) electrons. The van der Waals surface area contributed by atoms with E-state index in [0.29, 0.717) is 13.0 Å². The van der Waals surface area contributed by atoms with Gasteiger partial charge in [-0.25, -0.2) is 0 Å². The molecule has 23 heavy (non-hydrogen) atoms. The van der Waals surface area contributed by atoms with Crippen LogP contribution in [0.5, 0.6) is 0 Å². The highest BCUT2D eigenvalue weighted by molar-refractivity contribution is 14.0. The van der Waals surface area contributed by atoms with E-state index in [-0.39, 0.29) is 40.2 Å². The molecule has 5 nitrogen and oxygen atoms in total. The van der Waals surface area contributed by atoms with Gasteiger partial charge in [0.05, 0.1) is 6.54 Å². The van der Waals surface area contributed by atoms with Gasteiger partial charge in [-0.3, -0.25) is 9.79 Å². The zero-order valence-electron chi connectivity index (χ0n) is 15.4. The second-order valence-electron chi connectivity index (χ2n) is 7.31. The summed E-state index contributed by atoms with van der Waals surface area (Å²) in [5, 5.41) is 6.32. The van der Waals surface area contributed by atoms with E-state index in [1.807, 2.05) is 32.5 Å². The van der Waals surface area contributed by atoms with Crippen LogP contribution in [0, 0.1) is 0 Å². The van der Waals surface area contributed by atoms with E-state index in [9.17, 15) is 4.79 Å². The molecule has 1 aliphatic rings. The average molecular weight is 456 g/mol. The van der Waals surface area contributed by atoms with Crippen LogP contribution in [0.25, 0.3) is 0 Å². The number of hydrogen-bond acceptors (Lipinski definition) is 3. The topological polar surface area (TPSA) is 56.7 Å². The average Bonchev–Trinajstić information content (AvgIpc) is 2.34. The Balaban J connectivity index is 0.00000484. The maximum Gasteiger partial charge on any atom is 0.222 e. The number of guanidine groups is 1. The molecule has 0 aromatic heterocycles. The normalized spacial score (nSPS) is 18.2. The van der Waals surface area contributed by atoms with Crippen molar-refractivity contribution in [2.24, 2.45) is 4.99 Å². The quantitative estimate of drug-likeness (QED) is 0.388. The number of hydrogen-bond donors (Lipinski definition) is 2. The highest BCUT2D eigenvalue weighted by Gasteiger charge is 2.28.